The molecule has 26 heavy (non-hydrogen) atoms. The molecule has 0 fully saturated rings. The van der Waals surface area contributed by atoms with Gasteiger partial charge in [-0.1, -0.05) is 11.6 Å². The molecule has 0 spiro atoms. The maximum absolute atomic E-state index is 11.5. The normalized spacial score (nSPS) is 22.6. The number of fused-ring (bicyclic) bond motifs is 4. The number of aryl methyl sites for hydroxylation is 1. The van der Waals surface area contributed by atoms with Crippen molar-refractivity contribution in [3.63, 3.8) is 0 Å². The predicted molar refractivity (Wildman–Crippen MR) is 103 cm³/mol. The number of likely N-dealkylation sites (N-methyl/N-ethyl adjacent to an activating group) is 1. The summed E-state index contributed by atoms with van der Waals surface area (Å²) in [6, 6.07) is 8.10. The highest BCUT2D eigenvalue weighted by molar-refractivity contribution is 6.31. The molecule has 1 N–H and O–H groups in total. The van der Waals surface area contributed by atoms with Crippen LogP contribution in [0.4, 0.5) is 0 Å². The van der Waals surface area contributed by atoms with Crippen LogP contribution in [0.1, 0.15) is 28.8 Å². The average Bonchev–Trinajstić information content (AvgIpc) is 3.11. The molecule has 3 aromatic rings. The zero-order valence-electron chi connectivity index (χ0n) is 14.9. The van der Waals surface area contributed by atoms with Gasteiger partial charge in [-0.05, 0) is 67.3 Å². The number of aromatic nitrogens is 2. The Morgan fingerprint density at radius 3 is 3.04 bits per heavy atom. The van der Waals surface area contributed by atoms with Gasteiger partial charge in [0.2, 0.25) is 0 Å². The molecule has 1 aliphatic heterocycles. The third kappa shape index (κ3) is 2.40. The Morgan fingerprint density at radius 2 is 2.15 bits per heavy atom. The molecular weight excluding hydrogens is 346 g/mol. The van der Waals surface area contributed by atoms with Crippen molar-refractivity contribution in [2.24, 2.45) is 0 Å². The van der Waals surface area contributed by atoms with Crippen LogP contribution in [0, 0.1) is 0 Å². The van der Waals surface area contributed by atoms with Crippen LogP contribution in [-0.4, -0.2) is 33.1 Å². The minimum Gasteiger partial charge on any atom is -0.383 e. The second kappa shape index (κ2) is 5.81. The van der Waals surface area contributed by atoms with Gasteiger partial charge in [0.05, 0.1) is 6.54 Å². The van der Waals surface area contributed by atoms with E-state index in [1.165, 1.54) is 27.7 Å². The van der Waals surface area contributed by atoms with Crippen molar-refractivity contribution in [3.8, 4) is 0 Å². The number of nitrogens with zero attached hydrogens (tertiary/aromatic N) is 3. The molecular formula is C21H22ClN3O. The Labute approximate surface area is 158 Å². The molecule has 0 saturated carbocycles. The number of hydrogen-bond acceptors (Lipinski definition) is 3. The summed E-state index contributed by atoms with van der Waals surface area (Å²) in [6.07, 6.45) is 6.32. The molecule has 4 nitrogen and oxygen atoms in total. The van der Waals surface area contributed by atoms with Gasteiger partial charge < -0.3 is 14.6 Å². The number of hydrogen-bond donors (Lipinski definition) is 1. The van der Waals surface area contributed by atoms with E-state index in [0.717, 1.165) is 42.9 Å². The fourth-order valence-corrected chi connectivity index (χ4v) is 4.88. The summed E-state index contributed by atoms with van der Waals surface area (Å²) in [7, 11) is 2.16. The zero-order chi connectivity index (χ0) is 17.9. The van der Waals surface area contributed by atoms with E-state index >= 15 is 0 Å². The minimum absolute atomic E-state index is 0.575. The lowest BCUT2D eigenvalue weighted by Crippen LogP contribution is -2.32. The van der Waals surface area contributed by atoms with Crippen LogP contribution in [0.5, 0.6) is 0 Å². The molecule has 5 rings (SSSR count). The van der Waals surface area contributed by atoms with E-state index in [4.69, 9.17) is 11.6 Å². The summed E-state index contributed by atoms with van der Waals surface area (Å²) in [5, 5.41) is 13.5. The van der Waals surface area contributed by atoms with Crippen LogP contribution in [0.15, 0.2) is 36.7 Å². The van der Waals surface area contributed by atoms with Gasteiger partial charge in [0.15, 0.2) is 0 Å². The highest BCUT2D eigenvalue weighted by Crippen LogP contribution is 2.40. The first-order valence-corrected chi connectivity index (χ1v) is 9.57. The van der Waals surface area contributed by atoms with Gasteiger partial charge in [-0.3, -0.25) is 4.98 Å². The molecule has 1 aromatic carbocycles. The molecule has 134 valence electrons. The van der Waals surface area contributed by atoms with E-state index in [0.29, 0.717) is 6.54 Å². The van der Waals surface area contributed by atoms with Gasteiger partial charge in [-0.2, -0.15) is 0 Å². The first-order valence-electron chi connectivity index (χ1n) is 9.19. The van der Waals surface area contributed by atoms with Gasteiger partial charge in [-0.15, -0.1) is 0 Å². The molecule has 1 atom stereocenters. The second-order valence-electron chi connectivity index (χ2n) is 7.73. The standard InChI is InChI=1S/C21H22ClN3O/c1-24-9-6-16-17-10-15(22)2-3-19(17)25(20(16)12-24)13-21(26)7-4-14-11-23-8-5-18(14)21/h2-3,5,8,10-11,26H,4,6-7,9,12-13H2,1H3. The molecule has 0 saturated heterocycles. The van der Waals surface area contributed by atoms with Crippen LogP contribution in [0.3, 0.4) is 0 Å². The van der Waals surface area contributed by atoms with E-state index in [1.807, 2.05) is 18.3 Å². The van der Waals surface area contributed by atoms with Crippen molar-refractivity contribution in [3.05, 3.63) is 64.1 Å². The zero-order valence-corrected chi connectivity index (χ0v) is 15.6. The van der Waals surface area contributed by atoms with Gasteiger partial charge in [-0.25, -0.2) is 0 Å². The number of pyridine rings is 1. The number of halogens is 1. The fourth-order valence-electron chi connectivity index (χ4n) is 4.71. The predicted octanol–water partition coefficient (Wildman–Crippen LogP) is 3.51. The Kier molecular flexibility index (Phi) is 3.64. The lowest BCUT2D eigenvalue weighted by molar-refractivity contribution is 0.0202. The molecule has 0 radical (unpaired) electrons. The SMILES string of the molecule is CN1CCc2c(n(CC3(O)CCc4cnccc43)c3ccc(Cl)cc23)C1. The fraction of sp³-hybridized carbons (Fsp3) is 0.381. The van der Waals surface area contributed by atoms with Crippen molar-refractivity contribution < 1.29 is 5.11 Å². The molecule has 0 bridgehead atoms. The van der Waals surface area contributed by atoms with Crippen LogP contribution in [0.2, 0.25) is 5.02 Å². The van der Waals surface area contributed by atoms with Crippen molar-refractivity contribution in [1.82, 2.24) is 14.5 Å². The summed E-state index contributed by atoms with van der Waals surface area (Å²) >= 11 is 6.29. The topological polar surface area (TPSA) is 41.3 Å². The third-order valence-electron chi connectivity index (χ3n) is 6.04. The van der Waals surface area contributed by atoms with E-state index in [9.17, 15) is 5.11 Å². The first kappa shape index (κ1) is 16.3. The summed E-state index contributed by atoms with van der Waals surface area (Å²) < 4.78 is 2.33. The van der Waals surface area contributed by atoms with E-state index in [2.05, 4.69) is 33.6 Å². The second-order valence-corrected chi connectivity index (χ2v) is 8.16. The van der Waals surface area contributed by atoms with Gasteiger partial charge in [0, 0.05) is 47.1 Å². The molecule has 0 amide bonds. The summed E-state index contributed by atoms with van der Waals surface area (Å²) in [5.74, 6) is 0. The van der Waals surface area contributed by atoms with Crippen LogP contribution in [0.25, 0.3) is 10.9 Å². The van der Waals surface area contributed by atoms with Gasteiger partial charge in [0.25, 0.3) is 0 Å². The summed E-state index contributed by atoms with van der Waals surface area (Å²) in [6.45, 7) is 2.53. The summed E-state index contributed by atoms with van der Waals surface area (Å²) in [5.41, 5.74) is 5.23. The smallest absolute Gasteiger partial charge is 0.108 e. The van der Waals surface area contributed by atoms with Crippen molar-refractivity contribution in [2.45, 2.75) is 38.0 Å². The lowest BCUT2D eigenvalue weighted by atomic mass is 9.96. The molecule has 2 aromatic heterocycles. The highest BCUT2D eigenvalue weighted by Gasteiger charge is 2.38. The largest absolute Gasteiger partial charge is 0.383 e. The Hall–Kier alpha value is -1.88. The number of aliphatic hydroxyl groups is 1. The highest BCUT2D eigenvalue weighted by atomic mass is 35.5. The van der Waals surface area contributed by atoms with E-state index < -0.39 is 5.60 Å². The Morgan fingerprint density at radius 1 is 1.27 bits per heavy atom. The van der Waals surface area contributed by atoms with Gasteiger partial charge >= 0.3 is 0 Å². The third-order valence-corrected chi connectivity index (χ3v) is 6.28. The van der Waals surface area contributed by atoms with Gasteiger partial charge in [0.1, 0.15) is 5.60 Å². The van der Waals surface area contributed by atoms with Crippen LogP contribution < -0.4 is 0 Å². The number of benzene rings is 1. The quantitative estimate of drug-likeness (QED) is 0.753. The molecule has 2 aliphatic rings. The number of rotatable bonds is 2. The molecule has 3 heterocycles. The Bertz CT molecular complexity index is 1010. The molecule has 1 aliphatic carbocycles. The summed E-state index contributed by atoms with van der Waals surface area (Å²) in [4.78, 5) is 6.56. The van der Waals surface area contributed by atoms with Crippen LogP contribution >= 0.6 is 11.6 Å². The minimum atomic E-state index is -0.840. The maximum Gasteiger partial charge on any atom is 0.108 e. The Balaban J connectivity index is 1.67. The van der Waals surface area contributed by atoms with E-state index in [-0.39, 0.29) is 0 Å². The lowest BCUT2D eigenvalue weighted by Gasteiger charge is -2.29. The average molecular weight is 368 g/mol. The maximum atomic E-state index is 11.5. The van der Waals surface area contributed by atoms with E-state index in [1.54, 1.807) is 6.20 Å². The monoisotopic (exact) mass is 367 g/mol. The van der Waals surface area contributed by atoms with Crippen molar-refractivity contribution in [1.29, 1.82) is 0 Å². The van der Waals surface area contributed by atoms with Crippen molar-refractivity contribution >= 4 is 22.5 Å². The first-order chi connectivity index (χ1) is 12.5. The molecule has 5 heteroatoms. The van der Waals surface area contributed by atoms with Crippen molar-refractivity contribution in [2.75, 3.05) is 13.6 Å². The molecule has 1 unspecified atom stereocenters. The van der Waals surface area contributed by atoms with Crippen LogP contribution in [-0.2, 0) is 31.5 Å².